The van der Waals surface area contributed by atoms with Crippen LogP contribution in [0, 0.1) is 0 Å². The van der Waals surface area contributed by atoms with Gasteiger partial charge in [-0.2, -0.15) is 0 Å². The topological polar surface area (TPSA) is 0 Å². The normalized spacial score (nSPS) is 11.6. The Labute approximate surface area is 386 Å². The van der Waals surface area contributed by atoms with Crippen molar-refractivity contribution in [3.8, 4) is 66.8 Å². The molecular formula is C66H44. The van der Waals surface area contributed by atoms with Gasteiger partial charge in [-0.05, 0) is 121 Å². The molecular weight excluding hydrogens is 793 g/mol. The fourth-order valence-electron chi connectivity index (χ4n) is 10.2. The smallest absolute Gasteiger partial charge is 0.00264 e. The lowest BCUT2D eigenvalue weighted by Gasteiger charge is -2.18. The predicted octanol–water partition coefficient (Wildman–Crippen LogP) is 18.5. The van der Waals surface area contributed by atoms with Crippen molar-refractivity contribution < 1.29 is 0 Å². The fourth-order valence-corrected chi connectivity index (χ4v) is 10.2. The molecule has 0 aliphatic rings. The quantitative estimate of drug-likeness (QED) is 0.106. The maximum absolute atomic E-state index is 2.30. The molecule has 0 saturated heterocycles. The van der Waals surface area contributed by atoms with Crippen molar-refractivity contribution in [2.45, 2.75) is 0 Å². The molecule has 0 aliphatic carbocycles. The second-order valence-electron chi connectivity index (χ2n) is 17.1. The van der Waals surface area contributed by atoms with Crippen LogP contribution in [0.2, 0.25) is 0 Å². The van der Waals surface area contributed by atoms with E-state index in [4.69, 9.17) is 0 Å². The second kappa shape index (κ2) is 16.8. The monoisotopic (exact) mass is 836 g/mol. The third-order valence-electron chi connectivity index (χ3n) is 13.3. The molecule has 0 heteroatoms. The van der Waals surface area contributed by atoms with E-state index >= 15 is 0 Å². The highest BCUT2D eigenvalue weighted by Crippen LogP contribution is 2.45. The van der Waals surface area contributed by atoms with Crippen LogP contribution >= 0.6 is 0 Å². The Morgan fingerprint density at radius 1 is 0.182 bits per heavy atom. The van der Waals surface area contributed by atoms with E-state index in [1.807, 2.05) is 0 Å². The van der Waals surface area contributed by atoms with Gasteiger partial charge in [0, 0.05) is 0 Å². The van der Waals surface area contributed by atoms with Crippen LogP contribution in [0.5, 0.6) is 0 Å². The molecule has 0 amide bonds. The van der Waals surface area contributed by atoms with Gasteiger partial charge in [-0.1, -0.05) is 267 Å². The highest BCUT2D eigenvalue weighted by atomic mass is 14.2. The Morgan fingerprint density at radius 2 is 0.455 bits per heavy atom. The van der Waals surface area contributed by atoms with Crippen molar-refractivity contribution in [1.82, 2.24) is 0 Å². The maximum Gasteiger partial charge on any atom is -0.00264 e. The fraction of sp³-hybridized carbons (Fsp3) is 0. The van der Waals surface area contributed by atoms with Gasteiger partial charge in [0.05, 0.1) is 0 Å². The lowest BCUT2D eigenvalue weighted by molar-refractivity contribution is 1.58. The molecule has 12 rings (SSSR count). The van der Waals surface area contributed by atoms with Crippen LogP contribution in [-0.2, 0) is 0 Å². The molecule has 0 unspecified atom stereocenters. The first-order valence-electron chi connectivity index (χ1n) is 22.8. The molecule has 0 heterocycles. The minimum absolute atomic E-state index is 1.16. The largest absolute Gasteiger partial charge is 0.0622 e. The molecule has 0 spiro atoms. The molecule has 0 bridgehead atoms. The van der Waals surface area contributed by atoms with E-state index in [9.17, 15) is 0 Å². The summed E-state index contributed by atoms with van der Waals surface area (Å²) >= 11 is 0. The summed E-state index contributed by atoms with van der Waals surface area (Å²) in [7, 11) is 0. The van der Waals surface area contributed by atoms with Crippen LogP contribution in [0.15, 0.2) is 255 Å². The summed E-state index contributed by atoms with van der Waals surface area (Å²) < 4.78 is 0. The number of hydrogen-bond acceptors (Lipinski definition) is 0. The number of rotatable bonds is 8. The van der Waals surface area contributed by atoms with Gasteiger partial charge in [-0.3, -0.25) is 0 Å². The standard InChI is InChI=1S/C66H44/c1-3-18-50(19-4-1)63-55-23-9-13-27-59(55)65(60-28-14-10-24-56(60)63)52-41-37-47(38-42-52)46-34-31-45(32-35-46)33-36-48-17-7-8-22-54(48)49-39-43-53(44-40-49)66-61-29-15-11-25-57(61)64(51-20-5-2-6-21-51)58-26-12-16-30-62(58)66/h1-44H. The Kier molecular flexibility index (Phi) is 9.97. The maximum atomic E-state index is 2.30. The highest BCUT2D eigenvalue weighted by Gasteiger charge is 2.18. The molecule has 0 nitrogen and oxygen atoms in total. The van der Waals surface area contributed by atoms with Crippen LogP contribution in [0.25, 0.3) is 122 Å². The van der Waals surface area contributed by atoms with Crippen LogP contribution in [-0.4, -0.2) is 0 Å². The average molecular weight is 837 g/mol. The van der Waals surface area contributed by atoms with Gasteiger partial charge in [0.25, 0.3) is 0 Å². The van der Waals surface area contributed by atoms with Crippen LogP contribution < -0.4 is 0 Å². The lowest BCUT2D eigenvalue weighted by Crippen LogP contribution is -1.91. The summed E-state index contributed by atoms with van der Waals surface area (Å²) in [5.41, 5.74) is 17.2. The molecule has 308 valence electrons. The third-order valence-corrected chi connectivity index (χ3v) is 13.3. The Hall–Kier alpha value is -8.58. The summed E-state index contributed by atoms with van der Waals surface area (Å²) in [5, 5.41) is 10.2. The van der Waals surface area contributed by atoms with Crippen LogP contribution in [0.4, 0.5) is 0 Å². The van der Waals surface area contributed by atoms with Crippen molar-refractivity contribution >= 4 is 55.2 Å². The molecule has 12 aromatic rings. The van der Waals surface area contributed by atoms with E-state index in [0.717, 1.165) is 5.56 Å². The van der Waals surface area contributed by atoms with Crippen molar-refractivity contribution in [3.63, 3.8) is 0 Å². The summed E-state index contributed by atoms with van der Waals surface area (Å²) in [4.78, 5) is 0. The number of fused-ring (bicyclic) bond motifs is 4. The lowest BCUT2D eigenvalue weighted by atomic mass is 9.85. The SMILES string of the molecule is C(=Cc1ccccc1-c1ccc(-c2c3ccccc3c(-c3ccccc3)c3ccccc23)cc1)c1ccc(-c2ccc(-c3c4ccccc4c(-c4ccccc4)c4ccccc34)cc2)cc1. The van der Waals surface area contributed by atoms with Crippen molar-refractivity contribution in [2.24, 2.45) is 0 Å². The number of hydrogen-bond donors (Lipinski definition) is 0. The summed E-state index contributed by atoms with van der Waals surface area (Å²) in [6, 6.07) is 92.9. The van der Waals surface area contributed by atoms with E-state index < -0.39 is 0 Å². The zero-order chi connectivity index (χ0) is 43.8. The minimum atomic E-state index is 1.16. The summed E-state index contributed by atoms with van der Waals surface area (Å²) in [6.45, 7) is 0. The van der Waals surface area contributed by atoms with Gasteiger partial charge in [-0.25, -0.2) is 0 Å². The molecule has 0 saturated carbocycles. The van der Waals surface area contributed by atoms with Gasteiger partial charge in [-0.15, -0.1) is 0 Å². The van der Waals surface area contributed by atoms with E-state index in [1.54, 1.807) is 0 Å². The summed E-state index contributed by atoms with van der Waals surface area (Å²) in [5.74, 6) is 0. The second-order valence-corrected chi connectivity index (χ2v) is 17.1. The van der Waals surface area contributed by atoms with Crippen molar-refractivity contribution in [1.29, 1.82) is 0 Å². The van der Waals surface area contributed by atoms with Crippen molar-refractivity contribution in [2.75, 3.05) is 0 Å². The zero-order valence-corrected chi connectivity index (χ0v) is 36.4. The van der Waals surface area contributed by atoms with Gasteiger partial charge in [0.1, 0.15) is 0 Å². The molecule has 0 fully saturated rings. The summed E-state index contributed by atoms with van der Waals surface area (Å²) in [6.07, 6.45) is 4.47. The van der Waals surface area contributed by atoms with Crippen molar-refractivity contribution in [3.05, 3.63) is 266 Å². The van der Waals surface area contributed by atoms with Gasteiger partial charge >= 0.3 is 0 Å². The molecule has 0 N–H and O–H groups in total. The molecule has 0 aliphatic heterocycles. The number of benzene rings is 12. The Bertz CT molecular complexity index is 3630. The molecule has 66 heavy (non-hydrogen) atoms. The molecule has 0 atom stereocenters. The van der Waals surface area contributed by atoms with E-state index in [0.29, 0.717) is 0 Å². The van der Waals surface area contributed by atoms with E-state index in [-0.39, 0.29) is 0 Å². The first-order chi connectivity index (χ1) is 32.8. The highest BCUT2D eigenvalue weighted by molar-refractivity contribution is 6.22. The van der Waals surface area contributed by atoms with E-state index in [2.05, 4.69) is 267 Å². The Balaban J connectivity index is 0.823. The molecule has 0 aromatic heterocycles. The van der Waals surface area contributed by atoms with E-state index in [1.165, 1.54) is 115 Å². The van der Waals surface area contributed by atoms with Crippen LogP contribution in [0.3, 0.4) is 0 Å². The third kappa shape index (κ3) is 6.97. The average Bonchev–Trinajstić information content (AvgIpc) is 3.39. The molecule has 0 radical (unpaired) electrons. The zero-order valence-electron chi connectivity index (χ0n) is 36.4. The minimum Gasteiger partial charge on any atom is -0.0622 e. The van der Waals surface area contributed by atoms with Gasteiger partial charge in [0.15, 0.2) is 0 Å². The molecule has 12 aromatic carbocycles. The predicted molar refractivity (Wildman–Crippen MR) is 284 cm³/mol. The Morgan fingerprint density at radius 3 is 0.833 bits per heavy atom. The van der Waals surface area contributed by atoms with Gasteiger partial charge < -0.3 is 0 Å². The van der Waals surface area contributed by atoms with Crippen LogP contribution in [0.1, 0.15) is 11.1 Å². The first-order valence-corrected chi connectivity index (χ1v) is 22.8. The first kappa shape index (κ1) is 39.0. The van der Waals surface area contributed by atoms with Gasteiger partial charge in [0.2, 0.25) is 0 Å².